The summed E-state index contributed by atoms with van der Waals surface area (Å²) >= 11 is 0. The molecule has 0 heterocycles. The number of carbonyl (C=O) groups is 1. The Labute approximate surface area is 132 Å². The SMILES string of the molecule is CCOC(=O)C1CCC(O)(c2cc(OC)cc(C(C)C)c2)C1. The molecule has 0 spiro atoms. The number of methoxy groups -OCH3 is 1. The Hall–Kier alpha value is -1.55. The number of aliphatic hydroxyl groups is 1. The van der Waals surface area contributed by atoms with E-state index in [0.29, 0.717) is 31.8 Å². The first-order valence-electron chi connectivity index (χ1n) is 7.98. The lowest BCUT2D eigenvalue weighted by atomic mass is 9.88. The normalized spacial score (nSPS) is 24.5. The van der Waals surface area contributed by atoms with E-state index in [1.807, 2.05) is 18.2 Å². The molecule has 1 fully saturated rings. The minimum Gasteiger partial charge on any atom is -0.497 e. The molecule has 0 aromatic heterocycles. The molecule has 2 unspecified atom stereocenters. The minimum atomic E-state index is -0.977. The van der Waals surface area contributed by atoms with Crippen molar-refractivity contribution in [2.45, 2.75) is 51.6 Å². The number of esters is 1. The Morgan fingerprint density at radius 2 is 2.14 bits per heavy atom. The maximum atomic E-state index is 11.9. The summed E-state index contributed by atoms with van der Waals surface area (Å²) in [6.07, 6.45) is 1.64. The second-order valence-corrected chi connectivity index (χ2v) is 6.37. The summed E-state index contributed by atoms with van der Waals surface area (Å²) in [7, 11) is 1.63. The van der Waals surface area contributed by atoms with Crippen molar-refractivity contribution < 1.29 is 19.4 Å². The van der Waals surface area contributed by atoms with Crippen LogP contribution in [0.5, 0.6) is 5.75 Å². The van der Waals surface area contributed by atoms with E-state index >= 15 is 0 Å². The Balaban J connectivity index is 2.27. The zero-order valence-corrected chi connectivity index (χ0v) is 13.9. The number of hydrogen-bond acceptors (Lipinski definition) is 4. The van der Waals surface area contributed by atoms with Gasteiger partial charge >= 0.3 is 5.97 Å². The number of hydrogen-bond donors (Lipinski definition) is 1. The van der Waals surface area contributed by atoms with Gasteiger partial charge in [-0.25, -0.2) is 0 Å². The molecule has 2 rings (SSSR count). The standard InChI is InChI=1S/C18H26O4/c1-5-22-17(19)13-6-7-18(20,11-13)15-8-14(12(2)3)9-16(10-15)21-4/h8-10,12-13,20H,5-7,11H2,1-4H3. The van der Waals surface area contributed by atoms with Gasteiger partial charge in [-0.2, -0.15) is 0 Å². The summed E-state index contributed by atoms with van der Waals surface area (Å²) in [5.41, 5.74) is 0.986. The van der Waals surface area contributed by atoms with Crippen LogP contribution in [0.2, 0.25) is 0 Å². The lowest BCUT2D eigenvalue weighted by Crippen LogP contribution is -2.24. The maximum absolute atomic E-state index is 11.9. The lowest BCUT2D eigenvalue weighted by Gasteiger charge is -2.25. The highest BCUT2D eigenvalue weighted by atomic mass is 16.5. The second kappa shape index (κ2) is 6.69. The molecule has 2 atom stereocenters. The van der Waals surface area contributed by atoms with Crippen LogP contribution in [0.3, 0.4) is 0 Å². The Morgan fingerprint density at radius 3 is 2.73 bits per heavy atom. The van der Waals surface area contributed by atoms with E-state index in [1.54, 1.807) is 14.0 Å². The van der Waals surface area contributed by atoms with E-state index in [-0.39, 0.29) is 11.9 Å². The third kappa shape index (κ3) is 3.43. The quantitative estimate of drug-likeness (QED) is 0.847. The highest BCUT2D eigenvalue weighted by Crippen LogP contribution is 2.44. The van der Waals surface area contributed by atoms with Crippen LogP contribution in [-0.4, -0.2) is 24.8 Å². The Bertz CT molecular complexity index is 538. The van der Waals surface area contributed by atoms with Crippen LogP contribution >= 0.6 is 0 Å². The molecule has 1 saturated carbocycles. The van der Waals surface area contributed by atoms with Crippen molar-refractivity contribution in [1.29, 1.82) is 0 Å². The molecule has 0 bridgehead atoms. The maximum Gasteiger partial charge on any atom is 0.309 e. The van der Waals surface area contributed by atoms with Gasteiger partial charge in [0.25, 0.3) is 0 Å². The second-order valence-electron chi connectivity index (χ2n) is 6.37. The molecule has 122 valence electrons. The summed E-state index contributed by atoms with van der Waals surface area (Å²) in [6, 6.07) is 5.90. The van der Waals surface area contributed by atoms with Gasteiger partial charge in [0.2, 0.25) is 0 Å². The van der Waals surface area contributed by atoms with Gasteiger partial charge in [0.05, 0.1) is 25.2 Å². The van der Waals surface area contributed by atoms with E-state index < -0.39 is 5.60 Å². The van der Waals surface area contributed by atoms with Crippen molar-refractivity contribution in [3.63, 3.8) is 0 Å². The van der Waals surface area contributed by atoms with Crippen LogP contribution in [0.25, 0.3) is 0 Å². The number of carbonyl (C=O) groups excluding carboxylic acids is 1. The molecule has 22 heavy (non-hydrogen) atoms. The van der Waals surface area contributed by atoms with Crippen molar-refractivity contribution in [2.75, 3.05) is 13.7 Å². The first kappa shape index (κ1) is 16.8. The summed E-state index contributed by atoms with van der Waals surface area (Å²) in [5, 5.41) is 11.0. The molecule has 1 aromatic carbocycles. The number of rotatable bonds is 5. The van der Waals surface area contributed by atoms with Crippen LogP contribution in [0.4, 0.5) is 0 Å². The van der Waals surface area contributed by atoms with Gasteiger partial charge in [0, 0.05) is 0 Å². The van der Waals surface area contributed by atoms with Gasteiger partial charge in [-0.1, -0.05) is 19.9 Å². The molecule has 0 amide bonds. The zero-order valence-electron chi connectivity index (χ0n) is 13.9. The highest BCUT2D eigenvalue weighted by molar-refractivity contribution is 5.73. The monoisotopic (exact) mass is 306 g/mol. The fraction of sp³-hybridized carbons (Fsp3) is 0.611. The number of benzene rings is 1. The van der Waals surface area contributed by atoms with E-state index in [1.165, 1.54) is 0 Å². The molecule has 0 radical (unpaired) electrons. The predicted molar refractivity (Wildman–Crippen MR) is 85.0 cm³/mol. The van der Waals surface area contributed by atoms with Crippen LogP contribution in [0.15, 0.2) is 18.2 Å². The van der Waals surface area contributed by atoms with Gasteiger partial charge in [-0.15, -0.1) is 0 Å². The molecule has 1 aliphatic rings. The van der Waals surface area contributed by atoms with Gasteiger partial charge in [-0.05, 0) is 55.4 Å². The van der Waals surface area contributed by atoms with Crippen LogP contribution in [-0.2, 0) is 15.1 Å². The molecular weight excluding hydrogens is 280 g/mol. The van der Waals surface area contributed by atoms with E-state index in [9.17, 15) is 9.90 Å². The topological polar surface area (TPSA) is 55.8 Å². The van der Waals surface area contributed by atoms with E-state index in [4.69, 9.17) is 9.47 Å². The molecule has 1 N–H and O–H groups in total. The largest absolute Gasteiger partial charge is 0.497 e. The van der Waals surface area contributed by atoms with Crippen LogP contribution in [0.1, 0.15) is 57.1 Å². The summed E-state index contributed by atoms with van der Waals surface area (Å²) in [4.78, 5) is 11.9. The smallest absolute Gasteiger partial charge is 0.309 e. The summed E-state index contributed by atoms with van der Waals surface area (Å²) in [6.45, 7) is 6.40. The summed E-state index contributed by atoms with van der Waals surface area (Å²) in [5.74, 6) is 0.665. The zero-order chi connectivity index (χ0) is 16.3. The predicted octanol–water partition coefficient (Wildman–Crippen LogP) is 3.37. The molecular formula is C18H26O4. The third-order valence-electron chi connectivity index (χ3n) is 4.48. The molecule has 4 heteroatoms. The first-order valence-corrected chi connectivity index (χ1v) is 7.98. The Kier molecular flexibility index (Phi) is 5.12. The fourth-order valence-corrected chi connectivity index (χ4v) is 3.09. The van der Waals surface area contributed by atoms with E-state index in [2.05, 4.69) is 13.8 Å². The molecule has 1 aromatic rings. The number of ether oxygens (including phenoxy) is 2. The fourth-order valence-electron chi connectivity index (χ4n) is 3.09. The summed E-state index contributed by atoms with van der Waals surface area (Å²) < 4.78 is 10.4. The minimum absolute atomic E-state index is 0.203. The molecule has 0 saturated heterocycles. The van der Waals surface area contributed by atoms with Crippen molar-refractivity contribution in [3.8, 4) is 5.75 Å². The first-order chi connectivity index (χ1) is 10.4. The van der Waals surface area contributed by atoms with Gasteiger partial charge in [0.15, 0.2) is 0 Å². The molecule has 1 aliphatic carbocycles. The highest BCUT2D eigenvalue weighted by Gasteiger charge is 2.42. The van der Waals surface area contributed by atoms with Gasteiger partial charge in [0.1, 0.15) is 5.75 Å². The van der Waals surface area contributed by atoms with Crippen LogP contribution in [0, 0.1) is 5.92 Å². The van der Waals surface area contributed by atoms with Gasteiger partial charge in [-0.3, -0.25) is 4.79 Å². The average Bonchev–Trinajstić information content (AvgIpc) is 2.91. The third-order valence-corrected chi connectivity index (χ3v) is 4.48. The Morgan fingerprint density at radius 1 is 1.41 bits per heavy atom. The average molecular weight is 306 g/mol. The van der Waals surface area contributed by atoms with Crippen molar-refractivity contribution in [3.05, 3.63) is 29.3 Å². The van der Waals surface area contributed by atoms with Crippen molar-refractivity contribution in [1.82, 2.24) is 0 Å². The van der Waals surface area contributed by atoms with Gasteiger partial charge < -0.3 is 14.6 Å². The molecule has 0 aliphatic heterocycles. The lowest BCUT2D eigenvalue weighted by molar-refractivity contribution is -0.148. The van der Waals surface area contributed by atoms with E-state index in [0.717, 1.165) is 16.9 Å². The van der Waals surface area contributed by atoms with Crippen molar-refractivity contribution >= 4 is 5.97 Å². The molecule has 4 nitrogen and oxygen atoms in total. The van der Waals surface area contributed by atoms with Crippen molar-refractivity contribution in [2.24, 2.45) is 5.92 Å². The van der Waals surface area contributed by atoms with Crippen LogP contribution < -0.4 is 4.74 Å².